The Hall–Kier alpha value is -4.45. The number of rotatable bonds is 9. The molecule has 0 saturated heterocycles. The lowest BCUT2D eigenvalue weighted by atomic mass is 10.2. The number of hydrazone groups is 1. The highest BCUT2D eigenvalue weighted by Gasteiger charge is 2.22. The van der Waals surface area contributed by atoms with Gasteiger partial charge in [0.25, 0.3) is 5.91 Å². The van der Waals surface area contributed by atoms with Gasteiger partial charge in [-0.05, 0) is 54.0 Å². The second-order valence-electron chi connectivity index (χ2n) is 7.13. The fourth-order valence-electron chi connectivity index (χ4n) is 3.09. The molecule has 2 aromatic heterocycles. The molecule has 1 amide bonds. The number of amides is 1. The Kier molecular flexibility index (Phi) is 7.21. The van der Waals surface area contributed by atoms with Gasteiger partial charge in [-0.1, -0.05) is 35.0 Å². The number of nitrogen functional groups attached to an aromatic ring is 1. The van der Waals surface area contributed by atoms with Gasteiger partial charge >= 0.3 is 0 Å². The highest BCUT2D eigenvalue weighted by Crippen LogP contribution is 2.29. The Morgan fingerprint density at radius 2 is 2.06 bits per heavy atom. The molecular weight excluding hydrogens is 476 g/mol. The van der Waals surface area contributed by atoms with Crippen molar-refractivity contribution < 1.29 is 18.9 Å². The number of anilines is 1. The van der Waals surface area contributed by atoms with Gasteiger partial charge in [0.2, 0.25) is 11.6 Å². The molecule has 180 valence electrons. The third-order valence-corrected chi connectivity index (χ3v) is 5.11. The van der Waals surface area contributed by atoms with Crippen LogP contribution >= 0.6 is 11.6 Å². The Morgan fingerprint density at radius 1 is 1.23 bits per heavy atom. The monoisotopic (exact) mass is 496 g/mol. The molecule has 0 aliphatic carbocycles. The molecule has 0 saturated carbocycles. The van der Waals surface area contributed by atoms with Gasteiger partial charge in [-0.3, -0.25) is 4.79 Å². The van der Waals surface area contributed by atoms with Gasteiger partial charge in [0.15, 0.2) is 17.2 Å². The minimum absolute atomic E-state index is 0.0345. The first-order chi connectivity index (χ1) is 17.0. The summed E-state index contributed by atoms with van der Waals surface area (Å²) in [6.07, 6.45) is 1.47. The fourth-order valence-corrected chi connectivity index (χ4v) is 3.28. The van der Waals surface area contributed by atoms with Crippen LogP contribution in [0, 0.1) is 6.92 Å². The molecule has 0 aliphatic heterocycles. The van der Waals surface area contributed by atoms with Gasteiger partial charge in [0.1, 0.15) is 6.61 Å². The van der Waals surface area contributed by atoms with E-state index in [0.29, 0.717) is 34.4 Å². The summed E-state index contributed by atoms with van der Waals surface area (Å²) < 4.78 is 17.3. The van der Waals surface area contributed by atoms with Crippen molar-refractivity contribution in [2.75, 3.05) is 12.3 Å². The third-order valence-electron chi connectivity index (χ3n) is 4.74. The summed E-state index contributed by atoms with van der Waals surface area (Å²) in [5.74, 6) is 0.524. The van der Waals surface area contributed by atoms with Crippen molar-refractivity contribution in [3.63, 3.8) is 0 Å². The quantitative estimate of drug-likeness (QED) is 0.262. The number of nitrogens with one attached hydrogen (secondary N) is 1. The maximum absolute atomic E-state index is 12.7. The van der Waals surface area contributed by atoms with E-state index >= 15 is 0 Å². The van der Waals surface area contributed by atoms with E-state index < -0.39 is 5.91 Å². The molecule has 0 bridgehead atoms. The van der Waals surface area contributed by atoms with Crippen LogP contribution in [0.5, 0.6) is 11.5 Å². The number of hydrogen-bond acceptors (Lipinski definition) is 10. The number of benzene rings is 2. The van der Waals surface area contributed by atoms with Crippen LogP contribution in [0.25, 0.3) is 5.82 Å². The summed E-state index contributed by atoms with van der Waals surface area (Å²) in [7, 11) is 0. The van der Waals surface area contributed by atoms with Crippen molar-refractivity contribution in [2.24, 2.45) is 5.10 Å². The second-order valence-corrected chi connectivity index (χ2v) is 7.53. The molecule has 4 rings (SSSR count). The Labute approximate surface area is 204 Å². The molecule has 0 aliphatic rings. The van der Waals surface area contributed by atoms with Crippen LogP contribution in [0.1, 0.15) is 34.2 Å². The first-order valence-electron chi connectivity index (χ1n) is 10.4. The Bertz CT molecular complexity index is 1370. The summed E-state index contributed by atoms with van der Waals surface area (Å²) in [5.41, 5.74) is 10.1. The van der Waals surface area contributed by atoms with E-state index in [0.717, 1.165) is 10.2 Å². The molecular formula is C22H21ClN8O4. The maximum Gasteiger partial charge on any atom is 0.292 e. The average Bonchev–Trinajstić information content (AvgIpc) is 3.44. The standard InChI is InChI=1S/C22H21ClN8O4/c1-3-33-18-10-14(8-9-17(18)34-12-15-6-4-5-7-16(15)23)11-25-27-22(32)19-13(2)26-30-31(19)21-20(24)28-35-29-21/h4-11H,3,12H2,1-2H3,(H2,24,28)(H,27,32)/b25-11-. The first kappa shape index (κ1) is 23.7. The lowest BCUT2D eigenvalue weighted by molar-refractivity contribution is 0.0946. The number of halogens is 1. The number of carbonyl (C=O) groups is 1. The lowest BCUT2D eigenvalue weighted by Crippen LogP contribution is -2.22. The van der Waals surface area contributed by atoms with E-state index in [-0.39, 0.29) is 23.9 Å². The molecule has 4 aromatic rings. The average molecular weight is 497 g/mol. The number of aryl methyl sites for hydroxylation is 1. The van der Waals surface area contributed by atoms with Crippen molar-refractivity contribution in [3.05, 3.63) is 70.0 Å². The molecule has 2 aromatic carbocycles. The summed E-state index contributed by atoms with van der Waals surface area (Å²) in [5, 5.41) is 19.5. The summed E-state index contributed by atoms with van der Waals surface area (Å²) in [4.78, 5) is 12.7. The van der Waals surface area contributed by atoms with Crippen LogP contribution in [0.3, 0.4) is 0 Å². The van der Waals surface area contributed by atoms with E-state index in [4.69, 9.17) is 26.8 Å². The Morgan fingerprint density at radius 3 is 2.80 bits per heavy atom. The zero-order valence-electron chi connectivity index (χ0n) is 18.8. The van der Waals surface area contributed by atoms with Gasteiger partial charge in [-0.2, -0.15) is 9.78 Å². The third kappa shape index (κ3) is 5.38. The van der Waals surface area contributed by atoms with Gasteiger partial charge in [-0.25, -0.2) is 10.1 Å². The van der Waals surface area contributed by atoms with Crippen molar-refractivity contribution in [3.8, 4) is 17.3 Å². The number of carbonyl (C=O) groups excluding carboxylic acids is 1. The fraction of sp³-hybridized carbons (Fsp3) is 0.182. The predicted molar refractivity (Wildman–Crippen MR) is 127 cm³/mol. The molecule has 0 spiro atoms. The topological polar surface area (TPSA) is 156 Å². The van der Waals surface area contributed by atoms with Gasteiger partial charge in [0, 0.05) is 10.6 Å². The number of nitrogens with zero attached hydrogens (tertiary/aromatic N) is 6. The molecule has 13 heteroatoms. The van der Waals surface area contributed by atoms with E-state index in [1.54, 1.807) is 31.2 Å². The van der Waals surface area contributed by atoms with Crippen LogP contribution in [0.4, 0.5) is 5.82 Å². The number of nitrogens with two attached hydrogens (primary N) is 1. The van der Waals surface area contributed by atoms with Crippen LogP contribution in [-0.4, -0.2) is 44.0 Å². The molecule has 0 unspecified atom stereocenters. The minimum Gasteiger partial charge on any atom is -0.490 e. The SMILES string of the molecule is CCOc1cc(/C=N\NC(=O)c2c(C)nnn2-c2nonc2N)ccc1OCc1ccccc1Cl. The van der Waals surface area contributed by atoms with Crippen LogP contribution in [-0.2, 0) is 6.61 Å². The first-order valence-corrected chi connectivity index (χ1v) is 10.8. The van der Waals surface area contributed by atoms with E-state index in [2.05, 4.69) is 35.8 Å². The highest BCUT2D eigenvalue weighted by atomic mass is 35.5. The zero-order chi connectivity index (χ0) is 24.8. The van der Waals surface area contributed by atoms with Crippen molar-refractivity contribution in [2.45, 2.75) is 20.5 Å². The van der Waals surface area contributed by atoms with Crippen molar-refractivity contribution in [1.82, 2.24) is 30.7 Å². The number of ether oxygens (including phenoxy) is 2. The predicted octanol–water partition coefficient (Wildman–Crippen LogP) is 2.94. The zero-order valence-corrected chi connectivity index (χ0v) is 19.6. The summed E-state index contributed by atoms with van der Waals surface area (Å²) in [6.45, 7) is 4.21. The smallest absolute Gasteiger partial charge is 0.292 e. The minimum atomic E-state index is -0.573. The second kappa shape index (κ2) is 10.7. The van der Waals surface area contributed by atoms with E-state index in [1.807, 2.05) is 25.1 Å². The molecule has 12 nitrogen and oxygen atoms in total. The van der Waals surface area contributed by atoms with Gasteiger partial charge < -0.3 is 15.2 Å². The summed E-state index contributed by atoms with van der Waals surface area (Å²) in [6, 6.07) is 12.7. The molecule has 0 fully saturated rings. The highest BCUT2D eigenvalue weighted by molar-refractivity contribution is 6.31. The van der Waals surface area contributed by atoms with Crippen molar-refractivity contribution in [1.29, 1.82) is 0 Å². The van der Waals surface area contributed by atoms with E-state index in [1.165, 1.54) is 6.21 Å². The van der Waals surface area contributed by atoms with Gasteiger partial charge in [-0.15, -0.1) is 5.10 Å². The normalized spacial score (nSPS) is 11.1. The molecule has 0 radical (unpaired) electrons. The molecule has 0 atom stereocenters. The van der Waals surface area contributed by atoms with E-state index in [9.17, 15) is 4.79 Å². The molecule has 3 N–H and O–H groups in total. The maximum atomic E-state index is 12.7. The van der Waals surface area contributed by atoms with Gasteiger partial charge in [0.05, 0.1) is 18.5 Å². The number of hydrogen-bond donors (Lipinski definition) is 2. The van der Waals surface area contributed by atoms with Crippen LogP contribution in [0.15, 0.2) is 52.2 Å². The molecule has 2 heterocycles. The van der Waals surface area contributed by atoms with Crippen LogP contribution in [0.2, 0.25) is 5.02 Å². The largest absolute Gasteiger partial charge is 0.490 e. The van der Waals surface area contributed by atoms with Crippen molar-refractivity contribution >= 4 is 29.5 Å². The molecule has 35 heavy (non-hydrogen) atoms. The lowest BCUT2D eigenvalue weighted by Gasteiger charge is -2.13. The van der Waals surface area contributed by atoms with Crippen LogP contribution < -0.4 is 20.6 Å². The Balaban J connectivity index is 1.46. The summed E-state index contributed by atoms with van der Waals surface area (Å²) >= 11 is 6.20. The number of aromatic nitrogens is 5.